The molecule has 0 aliphatic rings. The van der Waals surface area contributed by atoms with Crippen molar-refractivity contribution in [1.29, 1.82) is 0 Å². The summed E-state index contributed by atoms with van der Waals surface area (Å²) in [5.41, 5.74) is 0. The molecule has 0 aliphatic carbocycles. The van der Waals surface area contributed by atoms with E-state index < -0.39 is 14.6 Å². The fraction of sp³-hybridized carbons (Fsp3) is 0.455. The fourth-order valence-corrected chi connectivity index (χ4v) is 3.48. The van der Waals surface area contributed by atoms with Crippen molar-refractivity contribution >= 4 is 21.6 Å². The number of hydrogen-bond acceptors (Lipinski definition) is 3. The Bertz CT molecular complexity index is 442. The van der Waals surface area contributed by atoms with E-state index in [1.165, 1.54) is 11.8 Å². The molecule has 0 heterocycles. The van der Waals surface area contributed by atoms with E-state index in [1.54, 1.807) is 32.9 Å². The highest BCUT2D eigenvalue weighted by Crippen LogP contribution is 2.31. The lowest BCUT2D eigenvalue weighted by Gasteiger charge is -2.20. The van der Waals surface area contributed by atoms with E-state index in [0.717, 1.165) is 4.90 Å². The lowest BCUT2D eigenvalue weighted by molar-refractivity contribution is 0.558. The van der Waals surface area contributed by atoms with Gasteiger partial charge in [-0.2, -0.15) is 0 Å². The van der Waals surface area contributed by atoms with Gasteiger partial charge in [0, 0.05) is 4.90 Å². The van der Waals surface area contributed by atoms with Gasteiger partial charge in [0.05, 0.1) is 9.64 Å². The van der Waals surface area contributed by atoms with Crippen molar-refractivity contribution in [1.82, 2.24) is 0 Å². The summed E-state index contributed by atoms with van der Waals surface area (Å²) < 4.78 is 23.7. The van der Waals surface area contributed by atoms with Crippen LogP contribution in [0.25, 0.3) is 0 Å². The van der Waals surface area contributed by atoms with Crippen molar-refractivity contribution in [2.45, 2.75) is 35.3 Å². The first-order valence-electron chi connectivity index (χ1n) is 4.68. The van der Waals surface area contributed by atoms with Gasteiger partial charge in [0.1, 0.15) is 0 Å². The third-order valence-corrected chi connectivity index (χ3v) is 5.64. The predicted molar refractivity (Wildman–Crippen MR) is 65.2 cm³/mol. The molecule has 84 valence electrons. The summed E-state index contributed by atoms with van der Waals surface area (Å²) in [5, 5.41) is 0. The van der Waals surface area contributed by atoms with Crippen LogP contribution in [0.2, 0.25) is 0 Å². The van der Waals surface area contributed by atoms with Crippen LogP contribution in [-0.4, -0.2) is 19.4 Å². The van der Waals surface area contributed by atoms with E-state index in [9.17, 15) is 8.42 Å². The molecular weight excluding hydrogens is 228 g/mol. The summed E-state index contributed by atoms with van der Waals surface area (Å²) in [6.45, 7) is 5.16. The number of sulfone groups is 1. The molecule has 0 spiro atoms. The van der Waals surface area contributed by atoms with Crippen LogP contribution in [0.3, 0.4) is 0 Å². The first-order valence-corrected chi connectivity index (χ1v) is 7.39. The molecule has 2 nitrogen and oxygen atoms in total. The molecule has 15 heavy (non-hydrogen) atoms. The van der Waals surface area contributed by atoms with E-state index in [-0.39, 0.29) is 0 Å². The van der Waals surface area contributed by atoms with Gasteiger partial charge in [-0.1, -0.05) is 12.1 Å². The third-order valence-electron chi connectivity index (χ3n) is 2.16. The van der Waals surface area contributed by atoms with Gasteiger partial charge in [-0.15, -0.1) is 11.8 Å². The Labute approximate surface area is 96.0 Å². The first-order chi connectivity index (χ1) is 6.80. The molecule has 0 aromatic heterocycles. The van der Waals surface area contributed by atoms with E-state index in [1.807, 2.05) is 18.4 Å². The molecule has 0 unspecified atom stereocenters. The van der Waals surface area contributed by atoms with E-state index in [2.05, 4.69) is 0 Å². The van der Waals surface area contributed by atoms with Crippen LogP contribution in [0.5, 0.6) is 0 Å². The van der Waals surface area contributed by atoms with Crippen LogP contribution in [0, 0.1) is 0 Å². The van der Waals surface area contributed by atoms with Crippen LogP contribution in [-0.2, 0) is 9.84 Å². The maximum absolute atomic E-state index is 12.2. The molecule has 0 fully saturated rings. The van der Waals surface area contributed by atoms with Crippen molar-refractivity contribution in [2.24, 2.45) is 0 Å². The largest absolute Gasteiger partial charge is 0.223 e. The molecule has 0 bridgehead atoms. The van der Waals surface area contributed by atoms with Crippen molar-refractivity contribution in [3.8, 4) is 0 Å². The van der Waals surface area contributed by atoms with Crippen molar-refractivity contribution in [3.63, 3.8) is 0 Å². The minimum atomic E-state index is -3.24. The summed E-state index contributed by atoms with van der Waals surface area (Å²) >= 11 is 1.46. The predicted octanol–water partition coefficient (Wildman–Crippen LogP) is 2.98. The van der Waals surface area contributed by atoms with Crippen molar-refractivity contribution in [3.05, 3.63) is 24.3 Å². The highest BCUT2D eigenvalue weighted by atomic mass is 32.2. The molecule has 4 heteroatoms. The molecule has 0 saturated carbocycles. The molecule has 0 N–H and O–H groups in total. The smallest absolute Gasteiger partial charge is 0.184 e. The normalized spacial score (nSPS) is 12.8. The average Bonchev–Trinajstić information content (AvgIpc) is 2.16. The monoisotopic (exact) mass is 244 g/mol. The zero-order valence-corrected chi connectivity index (χ0v) is 11.1. The summed E-state index contributed by atoms with van der Waals surface area (Å²) in [4.78, 5) is 1.25. The summed E-state index contributed by atoms with van der Waals surface area (Å²) in [5.74, 6) is 0. The Morgan fingerprint density at radius 2 is 1.67 bits per heavy atom. The van der Waals surface area contributed by atoms with E-state index in [0.29, 0.717) is 4.90 Å². The molecule has 1 rings (SSSR count). The van der Waals surface area contributed by atoms with Gasteiger partial charge in [-0.25, -0.2) is 8.42 Å². The molecule has 1 aromatic carbocycles. The second-order valence-corrected chi connectivity index (χ2v) is 7.79. The van der Waals surface area contributed by atoms with Gasteiger partial charge < -0.3 is 0 Å². The van der Waals surface area contributed by atoms with Crippen molar-refractivity contribution < 1.29 is 8.42 Å². The second-order valence-electron chi connectivity index (χ2n) is 4.27. The minimum absolute atomic E-state index is 0.435. The molecule has 1 aromatic rings. The number of thioether (sulfide) groups is 1. The number of benzene rings is 1. The van der Waals surface area contributed by atoms with Crippen LogP contribution in [0.1, 0.15) is 20.8 Å². The minimum Gasteiger partial charge on any atom is -0.223 e. The van der Waals surface area contributed by atoms with Crippen LogP contribution in [0.4, 0.5) is 0 Å². The highest BCUT2D eigenvalue weighted by molar-refractivity contribution is 7.99. The standard InChI is InChI=1S/C11H16O2S2/c1-11(2,3)15(12,13)10-8-6-5-7-9(10)14-4/h5-8H,1-4H3. The lowest BCUT2D eigenvalue weighted by atomic mass is 10.3. The Balaban J connectivity index is 3.41. The maximum atomic E-state index is 12.2. The number of hydrogen-bond donors (Lipinski definition) is 0. The SMILES string of the molecule is CSc1ccccc1S(=O)(=O)C(C)(C)C. The Morgan fingerprint density at radius 3 is 2.13 bits per heavy atom. The zero-order valence-electron chi connectivity index (χ0n) is 9.44. The Hall–Kier alpha value is -0.480. The van der Waals surface area contributed by atoms with Crippen LogP contribution in [0.15, 0.2) is 34.1 Å². The Kier molecular flexibility index (Phi) is 3.51. The zero-order chi connectivity index (χ0) is 11.7. The highest BCUT2D eigenvalue weighted by Gasteiger charge is 2.32. The summed E-state index contributed by atoms with van der Waals surface area (Å²) in [6.07, 6.45) is 1.89. The summed E-state index contributed by atoms with van der Waals surface area (Å²) in [6, 6.07) is 7.13. The van der Waals surface area contributed by atoms with Crippen molar-refractivity contribution in [2.75, 3.05) is 6.26 Å². The van der Waals surface area contributed by atoms with Crippen LogP contribution >= 0.6 is 11.8 Å². The van der Waals surface area contributed by atoms with Crippen LogP contribution < -0.4 is 0 Å². The second kappa shape index (κ2) is 4.18. The van der Waals surface area contributed by atoms with E-state index in [4.69, 9.17) is 0 Å². The van der Waals surface area contributed by atoms with Gasteiger partial charge in [-0.05, 0) is 39.2 Å². The van der Waals surface area contributed by atoms with Gasteiger partial charge in [0.15, 0.2) is 9.84 Å². The van der Waals surface area contributed by atoms with Gasteiger partial charge in [0.25, 0.3) is 0 Å². The molecular formula is C11H16O2S2. The molecule has 0 saturated heterocycles. The van der Waals surface area contributed by atoms with E-state index >= 15 is 0 Å². The van der Waals surface area contributed by atoms with Gasteiger partial charge in [0.2, 0.25) is 0 Å². The third kappa shape index (κ3) is 2.37. The quantitative estimate of drug-likeness (QED) is 0.750. The molecule has 0 aliphatic heterocycles. The van der Waals surface area contributed by atoms with Gasteiger partial charge >= 0.3 is 0 Å². The lowest BCUT2D eigenvalue weighted by Crippen LogP contribution is -2.28. The fourth-order valence-electron chi connectivity index (χ4n) is 1.17. The molecule has 0 radical (unpaired) electrons. The molecule has 0 amide bonds. The number of rotatable bonds is 2. The topological polar surface area (TPSA) is 34.1 Å². The Morgan fingerprint density at radius 1 is 1.13 bits per heavy atom. The summed E-state index contributed by atoms with van der Waals surface area (Å²) in [7, 11) is -3.24. The molecule has 0 atom stereocenters. The maximum Gasteiger partial charge on any atom is 0.184 e. The first kappa shape index (κ1) is 12.6. The average molecular weight is 244 g/mol. The van der Waals surface area contributed by atoms with Gasteiger partial charge in [-0.3, -0.25) is 0 Å².